The third kappa shape index (κ3) is 2.58. The summed E-state index contributed by atoms with van der Waals surface area (Å²) < 4.78 is 0. The molecule has 92 valence electrons. The molecule has 0 radical (unpaired) electrons. The van der Waals surface area contributed by atoms with Crippen LogP contribution in [0.15, 0.2) is 30.3 Å². The van der Waals surface area contributed by atoms with Gasteiger partial charge < -0.3 is 16.0 Å². The summed E-state index contributed by atoms with van der Waals surface area (Å²) in [5.41, 5.74) is 6.69. The van der Waals surface area contributed by atoms with Gasteiger partial charge in [-0.15, -0.1) is 0 Å². The number of hydrogen-bond donors (Lipinski definition) is 2. The Labute approximate surface area is 102 Å². The first-order valence-electron chi connectivity index (χ1n) is 6.04. The van der Waals surface area contributed by atoms with Crippen LogP contribution in [0.1, 0.15) is 24.9 Å². The molecule has 2 atom stereocenters. The van der Waals surface area contributed by atoms with Gasteiger partial charge in [-0.05, 0) is 25.5 Å². The number of amides is 2. The van der Waals surface area contributed by atoms with E-state index in [2.05, 4.69) is 5.32 Å². The highest BCUT2D eigenvalue weighted by Crippen LogP contribution is 2.22. The number of nitrogens with two attached hydrogens (primary N) is 1. The van der Waals surface area contributed by atoms with E-state index in [1.54, 1.807) is 0 Å². The fraction of sp³-hybridized carbons (Fsp3) is 0.462. The molecule has 1 fully saturated rings. The van der Waals surface area contributed by atoms with Crippen molar-refractivity contribution in [2.45, 2.75) is 25.4 Å². The normalized spacial score (nSPS) is 21.4. The second kappa shape index (κ2) is 5.19. The van der Waals surface area contributed by atoms with E-state index in [1.807, 2.05) is 42.2 Å². The zero-order chi connectivity index (χ0) is 12.3. The second-order valence-corrected chi connectivity index (χ2v) is 4.49. The largest absolute Gasteiger partial charge is 0.330 e. The lowest BCUT2D eigenvalue weighted by Crippen LogP contribution is -2.37. The van der Waals surface area contributed by atoms with Gasteiger partial charge in [0.05, 0.1) is 6.04 Å². The van der Waals surface area contributed by atoms with Gasteiger partial charge in [0.2, 0.25) is 0 Å². The maximum absolute atomic E-state index is 11.8. The maximum atomic E-state index is 11.8. The fourth-order valence-electron chi connectivity index (χ4n) is 2.21. The number of nitrogens with zero attached hydrogens (tertiary/aromatic N) is 1. The topological polar surface area (TPSA) is 58.4 Å². The van der Waals surface area contributed by atoms with E-state index in [4.69, 9.17) is 5.73 Å². The van der Waals surface area contributed by atoms with Crippen LogP contribution in [0, 0.1) is 0 Å². The quantitative estimate of drug-likeness (QED) is 0.827. The number of benzene rings is 1. The minimum Gasteiger partial charge on any atom is -0.330 e. The third-order valence-electron chi connectivity index (χ3n) is 3.26. The van der Waals surface area contributed by atoms with Gasteiger partial charge >= 0.3 is 6.03 Å². The lowest BCUT2D eigenvalue weighted by atomic mass is 10.1. The Balaban J connectivity index is 2.05. The van der Waals surface area contributed by atoms with Crippen LogP contribution in [0.3, 0.4) is 0 Å². The second-order valence-electron chi connectivity index (χ2n) is 4.49. The number of carbonyl (C=O) groups is 1. The minimum absolute atomic E-state index is 0.0137. The van der Waals surface area contributed by atoms with Crippen LogP contribution in [0.5, 0.6) is 0 Å². The number of urea groups is 1. The molecular formula is C13H19N3O. The van der Waals surface area contributed by atoms with E-state index in [0.29, 0.717) is 6.54 Å². The maximum Gasteiger partial charge on any atom is 0.318 e. The molecule has 1 aliphatic rings. The Morgan fingerprint density at radius 1 is 1.47 bits per heavy atom. The Kier molecular flexibility index (Phi) is 3.64. The van der Waals surface area contributed by atoms with Gasteiger partial charge in [0.15, 0.2) is 0 Å². The molecule has 1 aromatic carbocycles. The highest BCUT2D eigenvalue weighted by Gasteiger charge is 2.32. The van der Waals surface area contributed by atoms with Gasteiger partial charge in [-0.3, -0.25) is 0 Å². The molecule has 0 spiro atoms. The lowest BCUT2D eigenvalue weighted by molar-refractivity contribution is 0.199. The summed E-state index contributed by atoms with van der Waals surface area (Å²) in [6.07, 6.45) is 0.842. The monoisotopic (exact) mass is 233 g/mol. The first-order chi connectivity index (χ1) is 8.22. The number of hydrogen-bond acceptors (Lipinski definition) is 2. The van der Waals surface area contributed by atoms with Crippen LogP contribution in [-0.2, 0) is 0 Å². The first kappa shape index (κ1) is 11.9. The van der Waals surface area contributed by atoms with E-state index in [-0.39, 0.29) is 18.1 Å². The Morgan fingerprint density at radius 3 is 2.82 bits per heavy atom. The standard InChI is InChI=1S/C13H19N3O/c1-10(7-8-14)16-9-12(15-13(16)17)11-5-3-2-4-6-11/h2-6,10,12H,7-9,14H2,1H3,(H,15,17). The fourth-order valence-corrected chi connectivity index (χ4v) is 2.21. The van der Waals surface area contributed by atoms with Crippen molar-refractivity contribution in [2.75, 3.05) is 13.1 Å². The van der Waals surface area contributed by atoms with E-state index in [0.717, 1.165) is 18.5 Å². The summed E-state index contributed by atoms with van der Waals surface area (Å²) in [7, 11) is 0. The number of nitrogens with one attached hydrogen (secondary N) is 1. The van der Waals surface area contributed by atoms with Crippen LogP contribution < -0.4 is 11.1 Å². The predicted octanol–water partition coefficient (Wildman–Crippen LogP) is 1.49. The van der Waals surface area contributed by atoms with E-state index in [9.17, 15) is 4.79 Å². The molecule has 1 aromatic rings. The molecular weight excluding hydrogens is 214 g/mol. The summed E-state index contributed by atoms with van der Waals surface area (Å²) >= 11 is 0. The predicted molar refractivity (Wildman–Crippen MR) is 67.6 cm³/mol. The van der Waals surface area contributed by atoms with Gasteiger partial charge in [-0.25, -0.2) is 4.79 Å². The number of rotatable bonds is 4. The lowest BCUT2D eigenvalue weighted by Gasteiger charge is -2.22. The van der Waals surface area contributed by atoms with Crippen LogP contribution in [0.25, 0.3) is 0 Å². The highest BCUT2D eigenvalue weighted by atomic mass is 16.2. The smallest absolute Gasteiger partial charge is 0.318 e. The summed E-state index contributed by atoms with van der Waals surface area (Å²) in [5.74, 6) is 0. The molecule has 2 rings (SSSR count). The van der Waals surface area contributed by atoms with Gasteiger partial charge in [-0.2, -0.15) is 0 Å². The molecule has 17 heavy (non-hydrogen) atoms. The molecule has 0 bridgehead atoms. The molecule has 3 N–H and O–H groups in total. The van der Waals surface area contributed by atoms with Crippen molar-refractivity contribution in [1.82, 2.24) is 10.2 Å². The molecule has 0 saturated carbocycles. The zero-order valence-electron chi connectivity index (χ0n) is 10.1. The average Bonchev–Trinajstić information content (AvgIpc) is 2.73. The molecule has 2 unspecified atom stereocenters. The average molecular weight is 233 g/mol. The summed E-state index contributed by atoms with van der Waals surface area (Å²) in [5, 5.41) is 3.01. The van der Waals surface area contributed by atoms with Crippen LogP contribution >= 0.6 is 0 Å². The molecule has 4 heteroatoms. The summed E-state index contributed by atoms with van der Waals surface area (Å²) in [6, 6.07) is 10.4. The van der Waals surface area contributed by atoms with Gasteiger partial charge in [-0.1, -0.05) is 30.3 Å². The molecule has 1 aliphatic heterocycles. The van der Waals surface area contributed by atoms with Crippen molar-refractivity contribution in [3.8, 4) is 0 Å². The van der Waals surface area contributed by atoms with E-state index in [1.165, 1.54) is 0 Å². The molecule has 2 amide bonds. The molecule has 0 aromatic heterocycles. The first-order valence-corrected chi connectivity index (χ1v) is 6.04. The number of carbonyl (C=O) groups excluding carboxylic acids is 1. The van der Waals surface area contributed by atoms with E-state index >= 15 is 0 Å². The van der Waals surface area contributed by atoms with Crippen LogP contribution in [-0.4, -0.2) is 30.1 Å². The van der Waals surface area contributed by atoms with Crippen molar-refractivity contribution in [3.05, 3.63) is 35.9 Å². The zero-order valence-corrected chi connectivity index (χ0v) is 10.1. The SMILES string of the molecule is CC(CCN)N1CC(c2ccccc2)NC1=O. The molecule has 0 aliphatic carbocycles. The summed E-state index contributed by atoms with van der Waals surface area (Å²) in [4.78, 5) is 13.7. The molecule has 1 heterocycles. The van der Waals surface area contributed by atoms with Crippen LogP contribution in [0.2, 0.25) is 0 Å². The minimum atomic E-state index is 0.0137. The van der Waals surface area contributed by atoms with Crippen molar-refractivity contribution in [2.24, 2.45) is 5.73 Å². The third-order valence-corrected chi connectivity index (χ3v) is 3.26. The molecule has 1 saturated heterocycles. The van der Waals surface area contributed by atoms with Gasteiger partial charge in [0, 0.05) is 12.6 Å². The van der Waals surface area contributed by atoms with Crippen molar-refractivity contribution in [1.29, 1.82) is 0 Å². The molecule has 4 nitrogen and oxygen atoms in total. The van der Waals surface area contributed by atoms with Gasteiger partial charge in [0.25, 0.3) is 0 Å². The van der Waals surface area contributed by atoms with Crippen LogP contribution in [0.4, 0.5) is 4.79 Å². The Hall–Kier alpha value is -1.55. The van der Waals surface area contributed by atoms with Crippen molar-refractivity contribution < 1.29 is 4.79 Å². The summed E-state index contributed by atoms with van der Waals surface area (Å²) in [6.45, 7) is 3.38. The Morgan fingerprint density at radius 2 is 2.18 bits per heavy atom. The highest BCUT2D eigenvalue weighted by molar-refractivity contribution is 5.77. The van der Waals surface area contributed by atoms with E-state index < -0.39 is 0 Å². The van der Waals surface area contributed by atoms with Gasteiger partial charge in [0.1, 0.15) is 0 Å². The Bertz CT molecular complexity index is 380. The van der Waals surface area contributed by atoms with Crippen molar-refractivity contribution in [3.63, 3.8) is 0 Å². The van der Waals surface area contributed by atoms with Crippen molar-refractivity contribution >= 4 is 6.03 Å².